The lowest BCUT2D eigenvalue weighted by Gasteiger charge is -2.43. The summed E-state index contributed by atoms with van der Waals surface area (Å²) < 4.78 is 0. The van der Waals surface area contributed by atoms with Crippen molar-refractivity contribution in [1.82, 2.24) is 10.0 Å². The maximum atomic E-state index is 6.02. The highest BCUT2D eigenvalue weighted by atomic mass is 35.5. The second-order valence-electron chi connectivity index (χ2n) is 7.56. The molecule has 4 heteroatoms. The SMILES string of the molecule is Clc1ccc(C2CCN(N3CCC(c4ccc(Cl)cc4)CC3)CC2)cc1. The molecule has 2 aromatic carbocycles. The molecule has 0 amide bonds. The Morgan fingerprint density at radius 3 is 1.15 bits per heavy atom. The third-order valence-electron chi connectivity index (χ3n) is 6.03. The highest BCUT2D eigenvalue weighted by molar-refractivity contribution is 6.30. The van der Waals surface area contributed by atoms with E-state index in [1.165, 1.54) is 63.0 Å². The summed E-state index contributed by atoms with van der Waals surface area (Å²) in [4.78, 5) is 0. The Morgan fingerprint density at radius 2 is 0.846 bits per heavy atom. The van der Waals surface area contributed by atoms with Crippen LogP contribution in [0, 0.1) is 0 Å². The molecule has 2 saturated heterocycles. The summed E-state index contributed by atoms with van der Waals surface area (Å²) in [7, 11) is 0. The van der Waals surface area contributed by atoms with Crippen molar-refractivity contribution < 1.29 is 0 Å². The van der Waals surface area contributed by atoms with Gasteiger partial charge in [0.1, 0.15) is 0 Å². The van der Waals surface area contributed by atoms with Crippen LogP contribution in [-0.2, 0) is 0 Å². The predicted octanol–water partition coefficient (Wildman–Crippen LogP) is 5.97. The van der Waals surface area contributed by atoms with Gasteiger partial charge in [-0.05, 0) is 72.9 Å². The zero-order valence-corrected chi connectivity index (χ0v) is 16.6. The quantitative estimate of drug-likeness (QED) is 0.638. The van der Waals surface area contributed by atoms with Gasteiger partial charge in [-0.15, -0.1) is 0 Å². The van der Waals surface area contributed by atoms with Gasteiger partial charge in [-0.3, -0.25) is 0 Å². The molecule has 2 nitrogen and oxygen atoms in total. The van der Waals surface area contributed by atoms with Crippen LogP contribution >= 0.6 is 23.2 Å². The number of hydrogen-bond acceptors (Lipinski definition) is 2. The molecule has 26 heavy (non-hydrogen) atoms. The average molecular weight is 389 g/mol. The molecule has 0 atom stereocenters. The normalized spacial score (nSPS) is 21.2. The lowest BCUT2D eigenvalue weighted by atomic mass is 9.89. The fourth-order valence-electron chi connectivity index (χ4n) is 4.43. The van der Waals surface area contributed by atoms with Gasteiger partial charge in [0.2, 0.25) is 0 Å². The van der Waals surface area contributed by atoms with E-state index in [1.807, 2.05) is 24.3 Å². The summed E-state index contributed by atoms with van der Waals surface area (Å²) in [6.07, 6.45) is 4.94. The van der Waals surface area contributed by atoms with Crippen molar-refractivity contribution in [2.24, 2.45) is 0 Å². The monoisotopic (exact) mass is 388 g/mol. The number of nitrogens with zero attached hydrogens (tertiary/aromatic N) is 2. The molecule has 0 bridgehead atoms. The van der Waals surface area contributed by atoms with Crippen LogP contribution in [0.4, 0.5) is 0 Å². The van der Waals surface area contributed by atoms with Gasteiger partial charge in [0.25, 0.3) is 0 Å². The number of hydrogen-bond donors (Lipinski definition) is 0. The molecule has 138 valence electrons. The minimum Gasteiger partial charge on any atom is -0.242 e. The van der Waals surface area contributed by atoms with Crippen LogP contribution in [0.25, 0.3) is 0 Å². The molecular weight excluding hydrogens is 363 g/mol. The van der Waals surface area contributed by atoms with Gasteiger partial charge in [0.05, 0.1) is 0 Å². The van der Waals surface area contributed by atoms with Gasteiger partial charge < -0.3 is 0 Å². The van der Waals surface area contributed by atoms with Crippen LogP contribution in [0.3, 0.4) is 0 Å². The van der Waals surface area contributed by atoms with E-state index in [4.69, 9.17) is 23.2 Å². The molecule has 2 heterocycles. The molecule has 2 aromatic rings. The summed E-state index contributed by atoms with van der Waals surface area (Å²) in [5.74, 6) is 1.35. The van der Waals surface area contributed by atoms with E-state index >= 15 is 0 Å². The Bertz CT molecular complexity index is 634. The fraction of sp³-hybridized carbons (Fsp3) is 0.455. The molecule has 0 saturated carbocycles. The first-order valence-corrected chi connectivity index (χ1v) is 10.5. The van der Waals surface area contributed by atoms with Crippen LogP contribution in [0.1, 0.15) is 48.6 Å². The summed E-state index contributed by atoms with van der Waals surface area (Å²) in [6.45, 7) is 4.66. The van der Waals surface area contributed by atoms with Gasteiger partial charge in [-0.25, -0.2) is 10.0 Å². The summed E-state index contributed by atoms with van der Waals surface area (Å²) >= 11 is 12.0. The predicted molar refractivity (Wildman–Crippen MR) is 110 cm³/mol. The second-order valence-corrected chi connectivity index (χ2v) is 8.43. The first-order valence-electron chi connectivity index (χ1n) is 9.70. The standard InChI is InChI=1S/C22H26Cl2N2/c23-21-5-1-17(2-6-21)19-9-13-25(14-10-19)26-15-11-20(12-16-26)18-3-7-22(24)8-4-18/h1-8,19-20H,9-16H2. The number of rotatable bonds is 3. The Hall–Kier alpha value is -1.06. The van der Waals surface area contributed by atoms with E-state index in [0.717, 1.165) is 10.0 Å². The van der Waals surface area contributed by atoms with E-state index in [-0.39, 0.29) is 0 Å². The molecule has 2 fully saturated rings. The third kappa shape index (κ3) is 4.26. The molecule has 0 N–H and O–H groups in total. The first-order chi connectivity index (χ1) is 12.7. The molecule has 0 radical (unpaired) electrons. The Balaban J connectivity index is 1.28. The summed E-state index contributed by atoms with van der Waals surface area (Å²) in [6, 6.07) is 16.9. The summed E-state index contributed by atoms with van der Waals surface area (Å²) in [5.41, 5.74) is 2.88. The van der Waals surface area contributed by atoms with Crippen molar-refractivity contribution in [3.05, 3.63) is 69.7 Å². The number of benzene rings is 2. The van der Waals surface area contributed by atoms with E-state index < -0.39 is 0 Å². The van der Waals surface area contributed by atoms with Gasteiger partial charge >= 0.3 is 0 Å². The van der Waals surface area contributed by atoms with Crippen molar-refractivity contribution >= 4 is 23.2 Å². The van der Waals surface area contributed by atoms with Crippen LogP contribution < -0.4 is 0 Å². The topological polar surface area (TPSA) is 6.48 Å². The number of piperidine rings is 2. The zero-order chi connectivity index (χ0) is 17.9. The molecule has 0 aliphatic carbocycles. The maximum absolute atomic E-state index is 6.02. The summed E-state index contributed by atoms with van der Waals surface area (Å²) in [5, 5.41) is 6.83. The van der Waals surface area contributed by atoms with Crippen LogP contribution in [-0.4, -0.2) is 36.2 Å². The molecule has 4 rings (SSSR count). The van der Waals surface area contributed by atoms with Crippen molar-refractivity contribution in [3.8, 4) is 0 Å². The highest BCUT2D eigenvalue weighted by Gasteiger charge is 2.28. The molecule has 0 unspecified atom stereocenters. The maximum Gasteiger partial charge on any atom is 0.0406 e. The number of hydrazine groups is 1. The van der Waals surface area contributed by atoms with E-state index in [0.29, 0.717) is 11.8 Å². The minimum absolute atomic E-state index is 0.676. The highest BCUT2D eigenvalue weighted by Crippen LogP contribution is 2.33. The van der Waals surface area contributed by atoms with Crippen molar-refractivity contribution in [3.63, 3.8) is 0 Å². The largest absolute Gasteiger partial charge is 0.242 e. The van der Waals surface area contributed by atoms with Crippen molar-refractivity contribution in [2.75, 3.05) is 26.2 Å². The van der Waals surface area contributed by atoms with Gasteiger partial charge in [-0.2, -0.15) is 0 Å². The van der Waals surface area contributed by atoms with Gasteiger partial charge in [0.15, 0.2) is 0 Å². The average Bonchev–Trinajstić information content (AvgIpc) is 2.70. The van der Waals surface area contributed by atoms with Crippen LogP contribution in [0.5, 0.6) is 0 Å². The minimum atomic E-state index is 0.676. The smallest absolute Gasteiger partial charge is 0.0406 e. The Morgan fingerprint density at radius 1 is 0.538 bits per heavy atom. The van der Waals surface area contributed by atoms with E-state index in [2.05, 4.69) is 34.3 Å². The van der Waals surface area contributed by atoms with E-state index in [1.54, 1.807) is 0 Å². The molecule has 0 aromatic heterocycles. The fourth-order valence-corrected chi connectivity index (χ4v) is 4.69. The third-order valence-corrected chi connectivity index (χ3v) is 6.53. The molecule has 2 aliphatic rings. The van der Waals surface area contributed by atoms with Crippen molar-refractivity contribution in [2.45, 2.75) is 37.5 Å². The molecule has 0 spiro atoms. The van der Waals surface area contributed by atoms with Gasteiger partial charge in [-0.1, -0.05) is 47.5 Å². The second kappa shape index (κ2) is 8.31. The lowest BCUT2D eigenvalue weighted by molar-refractivity contribution is -0.0585. The number of halogens is 2. The van der Waals surface area contributed by atoms with Crippen molar-refractivity contribution in [1.29, 1.82) is 0 Å². The Labute approximate surface area is 166 Å². The van der Waals surface area contributed by atoms with E-state index in [9.17, 15) is 0 Å². The van der Waals surface area contributed by atoms with Crippen LogP contribution in [0.2, 0.25) is 10.0 Å². The molecule has 2 aliphatic heterocycles. The van der Waals surface area contributed by atoms with Gasteiger partial charge in [0, 0.05) is 36.2 Å². The van der Waals surface area contributed by atoms with Crippen LogP contribution in [0.15, 0.2) is 48.5 Å². The Kier molecular flexibility index (Phi) is 5.85. The zero-order valence-electron chi connectivity index (χ0n) is 15.1. The lowest BCUT2D eigenvalue weighted by Crippen LogP contribution is -2.49. The molecular formula is C22H26Cl2N2. The first kappa shape index (κ1) is 18.3.